The van der Waals surface area contributed by atoms with Crippen molar-refractivity contribution in [2.75, 3.05) is 79.0 Å². The Morgan fingerprint density at radius 1 is 0.779 bits per heavy atom. The molecule has 22 nitrogen and oxygen atoms in total. The van der Waals surface area contributed by atoms with E-state index in [4.69, 9.17) is 53.9 Å². The van der Waals surface area contributed by atoms with Crippen LogP contribution < -0.4 is 21.7 Å². The first-order valence-electron chi connectivity index (χ1n) is 28.1. The van der Waals surface area contributed by atoms with Gasteiger partial charge in [0.2, 0.25) is 0 Å². The zero-order valence-corrected chi connectivity index (χ0v) is 53.4. The highest BCUT2D eigenvalue weighted by molar-refractivity contribution is 9.10. The van der Waals surface area contributed by atoms with E-state index in [1.54, 1.807) is 66.8 Å². The summed E-state index contributed by atoms with van der Waals surface area (Å²) in [5, 5.41) is 14.0. The van der Waals surface area contributed by atoms with E-state index >= 15 is 0 Å². The number of aliphatic imine (C=N–C) groups is 2. The lowest BCUT2D eigenvalue weighted by atomic mass is 9.95. The fraction of sp³-hybridized carbons (Fsp3) is 0.500. The summed E-state index contributed by atoms with van der Waals surface area (Å²) < 4.78 is 69.9. The molecule has 8 rings (SSSR count). The van der Waals surface area contributed by atoms with Crippen LogP contribution in [0.15, 0.2) is 94.8 Å². The molecule has 0 radical (unpaired) electrons. The number of aromatic nitrogens is 2. The smallest absolute Gasteiger partial charge is 0.408 e. The minimum absolute atomic E-state index is 0.0497. The Morgan fingerprint density at radius 3 is 1.78 bits per heavy atom. The summed E-state index contributed by atoms with van der Waals surface area (Å²) in [5.74, 6) is -3.16. The van der Waals surface area contributed by atoms with E-state index in [0.717, 1.165) is 0 Å². The van der Waals surface area contributed by atoms with Crippen LogP contribution in [0.3, 0.4) is 0 Å². The maximum atomic E-state index is 14.6. The molecule has 5 N–H and O–H groups in total. The van der Waals surface area contributed by atoms with Crippen LogP contribution in [0, 0.1) is 17.6 Å². The number of hydrogen-bond acceptors (Lipinski definition) is 23. The summed E-state index contributed by atoms with van der Waals surface area (Å²) in [4.78, 5) is 91.3. The van der Waals surface area contributed by atoms with Crippen molar-refractivity contribution < 1.29 is 65.9 Å². The van der Waals surface area contributed by atoms with Gasteiger partial charge in [-0.2, -0.15) is 0 Å². The molecular formula is C58H70Br2F2N10O12S2. The van der Waals surface area contributed by atoms with Crippen LogP contribution in [0.2, 0.25) is 0 Å². The second-order valence-electron chi connectivity index (χ2n) is 21.7. The predicted molar refractivity (Wildman–Crippen MR) is 323 cm³/mol. The first kappa shape index (κ1) is 65.9. The number of morpholine rings is 2. The largest absolute Gasteiger partial charge is 0.463 e. The molecule has 4 aromatic rings. The van der Waals surface area contributed by atoms with Crippen molar-refractivity contribution in [3.05, 3.63) is 123 Å². The number of thiazole rings is 2. The second-order valence-corrected chi connectivity index (χ2v) is 25.2. The number of amidine groups is 2. The Balaban J connectivity index is 0.960. The van der Waals surface area contributed by atoms with Gasteiger partial charge in [-0.3, -0.25) is 24.6 Å². The number of halogens is 4. The summed E-state index contributed by atoms with van der Waals surface area (Å²) >= 11 is 9.62. The Bertz CT molecular complexity index is 3230. The average Bonchev–Trinajstić information content (AvgIpc) is 1.32. The van der Waals surface area contributed by atoms with Gasteiger partial charge in [0.25, 0.3) is 0 Å². The first-order chi connectivity index (χ1) is 41.1. The SMILES string of the molecule is CCOC(=O)C1=C(CN2CCOC[C@H]2COC(=O)[C@@H](N)CCc2csc(C3=NC(c4ccc(F)cc4Br)C(C(=O)OCC)=C(CN4CCOC[C@H]4COC(=O)[C@@H](NC(=O)OC(C)(C)C)C(C)C)N3)n2)NC(c2nccs2)=NC1c1ccc(F)cc1Br. The Kier molecular flexibility index (Phi) is 23.1. The summed E-state index contributed by atoms with van der Waals surface area (Å²) in [6, 6.07) is 3.40. The minimum atomic E-state index is -1.05. The Labute approximate surface area is 521 Å². The third-order valence-electron chi connectivity index (χ3n) is 14.0. The summed E-state index contributed by atoms with van der Waals surface area (Å²) in [7, 11) is 0. The monoisotopic (exact) mass is 1360 g/mol. The van der Waals surface area contributed by atoms with Gasteiger partial charge in [-0.15, -0.1) is 22.7 Å². The van der Waals surface area contributed by atoms with Crippen molar-refractivity contribution in [3.8, 4) is 0 Å². The molecule has 28 heteroatoms. The maximum absolute atomic E-state index is 14.6. The normalized spacial score (nSPS) is 20.2. The average molecular weight is 1360 g/mol. The number of alkyl carbamates (subject to hydrolysis) is 1. The van der Waals surface area contributed by atoms with E-state index in [2.05, 4.69) is 52.8 Å². The number of benzene rings is 2. The highest BCUT2D eigenvalue weighted by Crippen LogP contribution is 2.39. The molecule has 0 bridgehead atoms. The van der Waals surface area contributed by atoms with Crippen molar-refractivity contribution in [1.29, 1.82) is 0 Å². The lowest BCUT2D eigenvalue weighted by Gasteiger charge is -2.37. The molecule has 0 spiro atoms. The molecule has 464 valence electrons. The number of carbonyl (C=O) groups excluding carboxylic acids is 5. The van der Waals surface area contributed by atoms with Crippen molar-refractivity contribution in [1.82, 2.24) is 35.7 Å². The molecule has 0 saturated carbocycles. The summed E-state index contributed by atoms with van der Waals surface area (Å²) in [6.45, 7) is 14.2. The number of nitrogens with two attached hydrogens (primary N) is 1. The van der Waals surface area contributed by atoms with Crippen molar-refractivity contribution >= 4 is 96.2 Å². The van der Waals surface area contributed by atoms with Crippen LogP contribution in [0.1, 0.15) is 93.8 Å². The molecular weight excluding hydrogens is 1290 g/mol. The molecule has 0 aliphatic carbocycles. The second kappa shape index (κ2) is 30.2. The molecule has 2 fully saturated rings. The van der Waals surface area contributed by atoms with Gasteiger partial charge in [-0.25, -0.2) is 37.9 Å². The van der Waals surface area contributed by atoms with E-state index in [1.165, 1.54) is 46.9 Å². The molecule has 2 saturated heterocycles. The standard InChI is InChI=1S/C58H70Br2F2N10O12S2/c1-8-80-54(74)44-42(66-49(51-64-16-21-85-51)68-47(44)37-13-10-32(61)22-39(37)59)24-71-17-19-78-26-35(71)28-82-53(73)41(63)15-12-34-30-86-52(65-34)50-67-43(45(55(75)81-9-2)48(69-50)38-14-11-33(62)23-40(38)60)25-72-18-20-79-27-36(72)29-83-56(76)46(31(3)4)70-57(77)84-58(5,6)7/h10-11,13-14,16,21-23,30-31,35-36,41,46-48H,8-9,12,15,17-20,24-29,63H2,1-7H3,(H,66,68)(H,67,69)(H,70,77)/t35-,36-,41-,46-,47?,48?/m0/s1. The van der Waals surface area contributed by atoms with Crippen LogP contribution in [0.5, 0.6) is 0 Å². The van der Waals surface area contributed by atoms with E-state index in [0.29, 0.717) is 85.2 Å². The number of nitrogens with zero attached hydrogens (tertiary/aromatic N) is 6. The fourth-order valence-corrected chi connectivity index (χ4v) is 12.3. The molecule has 2 aromatic carbocycles. The number of hydrogen-bond donors (Lipinski definition) is 4. The molecule has 2 unspecified atom stereocenters. The topological polar surface area (TPSA) is 269 Å². The van der Waals surface area contributed by atoms with Gasteiger partial charge in [0.15, 0.2) is 21.7 Å². The predicted octanol–water partition coefficient (Wildman–Crippen LogP) is 7.22. The third-order valence-corrected chi connectivity index (χ3v) is 17.1. The summed E-state index contributed by atoms with van der Waals surface area (Å²) in [6.07, 6.45) is 1.32. The van der Waals surface area contributed by atoms with E-state index < -0.39 is 83.5 Å². The third kappa shape index (κ3) is 17.1. The number of esters is 4. The first-order valence-corrected chi connectivity index (χ1v) is 31.4. The van der Waals surface area contributed by atoms with Crippen LogP contribution in [-0.4, -0.2) is 170 Å². The highest BCUT2D eigenvalue weighted by atomic mass is 79.9. The number of aryl methyl sites for hydroxylation is 1. The van der Waals surface area contributed by atoms with Crippen molar-refractivity contribution in [2.45, 2.75) is 103 Å². The lowest BCUT2D eigenvalue weighted by Crippen LogP contribution is -2.52. The van der Waals surface area contributed by atoms with Crippen molar-refractivity contribution in [3.63, 3.8) is 0 Å². The van der Waals surface area contributed by atoms with Crippen molar-refractivity contribution in [2.24, 2.45) is 21.6 Å². The van der Waals surface area contributed by atoms with Gasteiger partial charge in [0.1, 0.15) is 54.6 Å². The number of nitrogens with one attached hydrogen (secondary N) is 3. The van der Waals surface area contributed by atoms with Gasteiger partial charge in [0.05, 0.1) is 68.6 Å². The van der Waals surface area contributed by atoms with Gasteiger partial charge in [-0.1, -0.05) is 57.8 Å². The van der Waals surface area contributed by atoms with Crippen LogP contribution in [-0.2, 0) is 58.8 Å². The number of ether oxygens (including phenoxy) is 7. The van der Waals surface area contributed by atoms with Gasteiger partial charge >= 0.3 is 30.0 Å². The Morgan fingerprint density at radius 2 is 1.30 bits per heavy atom. The van der Waals surface area contributed by atoms with Crippen LogP contribution in [0.4, 0.5) is 13.6 Å². The van der Waals surface area contributed by atoms with Crippen LogP contribution >= 0.6 is 54.5 Å². The number of rotatable bonds is 23. The van der Waals surface area contributed by atoms with Gasteiger partial charge in [-0.05, 0) is 88.8 Å². The Hall–Kier alpha value is -6.11. The van der Waals surface area contributed by atoms with Crippen LogP contribution in [0.25, 0.3) is 0 Å². The lowest BCUT2D eigenvalue weighted by molar-refractivity contribution is -0.151. The van der Waals surface area contributed by atoms with E-state index in [-0.39, 0.29) is 82.6 Å². The maximum Gasteiger partial charge on any atom is 0.408 e. The zero-order valence-electron chi connectivity index (χ0n) is 48.6. The molecule has 6 heterocycles. The van der Waals surface area contributed by atoms with E-state index in [9.17, 15) is 32.8 Å². The minimum Gasteiger partial charge on any atom is -0.463 e. The zero-order chi connectivity index (χ0) is 61.8. The molecule has 6 atom stereocenters. The highest BCUT2D eigenvalue weighted by Gasteiger charge is 2.39. The molecule has 1 amide bonds. The number of carbonyl (C=O) groups is 5. The van der Waals surface area contributed by atoms with E-state index in [1.807, 2.05) is 20.6 Å². The molecule has 86 heavy (non-hydrogen) atoms. The van der Waals surface area contributed by atoms with Gasteiger partial charge < -0.3 is 54.8 Å². The molecule has 4 aliphatic rings. The molecule has 2 aromatic heterocycles. The number of amides is 1. The summed E-state index contributed by atoms with van der Waals surface area (Å²) in [5.41, 5.74) is 8.62. The quantitative estimate of drug-likeness (QED) is 0.0422. The molecule has 4 aliphatic heterocycles. The van der Waals surface area contributed by atoms with Gasteiger partial charge in [0, 0.05) is 63.5 Å². The fourth-order valence-electron chi connectivity index (χ4n) is 9.74.